The molecule has 0 radical (unpaired) electrons. The van der Waals surface area contributed by atoms with Crippen LogP contribution in [0.25, 0.3) is 10.2 Å². The third kappa shape index (κ3) is 1.96. The van der Waals surface area contributed by atoms with Crippen LogP contribution in [0.15, 0.2) is 17.8 Å². The molecule has 2 atom stereocenters. The lowest BCUT2D eigenvalue weighted by Crippen LogP contribution is -2.50. The molecule has 2 aromatic rings. The number of thiophene rings is 1. The Labute approximate surface area is 109 Å². The van der Waals surface area contributed by atoms with E-state index in [4.69, 9.17) is 4.74 Å². The molecule has 5 nitrogen and oxygen atoms in total. The maximum absolute atomic E-state index is 9.23. The van der Waals surface area contributed by atoms with Gasteiger partial charge in [-0.25, -0.2) is 9.97 Å². The number of hydrogen-bond acceptors (Lipinski definition) is 6. The van der Waals surface area contributed by atoms with Crippen LogP contribution >= 0.6 is 11.3 Å². The average Bonchev–Trinajstić information content (AvgIpc) is 2.87. The van der Waals surface area contributed by atoms with E-state index in [-0.39, 0.29) is 18.8 Å². The molecule has 2 aromatic heterocycles. The summed E-state index contributed by atoms with van der Waals surface area (Å²) in [5.41, 5.74) is 0. The van der Waals surface area contributed by atoms with Gasteiger partial charge in [0, 0.05) is 6.54 Å². The van der Waals surface area contributed by atoms with Gasteiger partial charge < -0.3 is 14.7 Å². The second-order valence-corrected chi connectivity index (χ2v) is 5.37. The molecule has 0 saturated carbocycles. The predicted molar refractivity (Wildman–Crippen MR) is 71.0 cm³/mol. The Morgan fingerprint density at radius 2 is 2.44 bits per heavy atom. The molecule has 3 rings (SSSR count). The molecule has 0 aliphatic carbocycles. The molecule has 0 aromatic carbocycles. The lowest BCUT2D eigenvalue weighted by molar-refractivity contribution is -0.0104. The zero-order valence-electron chi connectivity index (χ0n) is 10.1. The lowest BCUT2D eigenvalue weighted by atomic mass is 10.2. The third-order valence-corrected chi connectivity index (χ3v) is 4.04. The van der Waals surface area contributed by atoms with Gasteiger partial charge in [0.25, 0.3) is 0 Å². The van der Waals surface area contributed by atoms with E-state index >= 15 is 0 Å². The van der Waals surface area contributed by atoms with Crippen molar-refractivity contribution >= 4 is 27.4 Å². The number of morpholine rings is 1. The van der Waals surface area contributed by atoms with Gasteiger partial charge in [0.05, 0.1) is 30.7 Å². The molecule has 1 saturated heterocycles. The first kappa shape index (κ1) is 11.8. The number of anilines is 1. The Morgan fingerprint density at radius 1 is 1.56 bits per heavy atom. The Morgan fingerprint density at radius 3 is 3.28 bits per heavy atom. The van der Waals surface area contributed by atoms with E-state index in [0.717, 1.165) is 16.0 Å². The number of rotatable bonds is 2. The summed E-state index contributed by atoms with van der Waals surface area (Å²) in [5, 5.41) is 12.3. The van der Waals surface area contributed by atoms with Crippen LogP contribution in [0.5, 0.6) is 0 Å². The minimum absolute atomic E-state index is 0.0427. The van der Waals surface area contributed by atoms with Gasteiger partial charge in [-0.15, -0.1) is 11.3 Å². The topological polar surface area (TPSA) is 58.5 Å². The monoisotopic (exact) mass is 265 g/mol. The number of ether oxygens (including phenoxy) is 1. The molecular formula is C12H15N3O2S. The van der Waals surface area contributed by atoms with Crippen LogP contribution in [0.1, 0.15) is 6.92 Å². The maximum atomic E-state index is 9.23. The van der Waals surface area contributed by atoms with E-state index in [0.29, 0.717) is 13.2 Å². The van der Waals surface area contributed by atoms with Crippen LogP contribution in [-0.2, 0) is 4.74 Å². The first-order valence-corrected chi connectivity index (χ1v) is 6.85. The van der Waals surface area contributed by atoms with Crippen LogP contribution in [0.3, 0.4) is 0 Å². The van der Waals surface area contributed by atoms with E-state index in [1.807, 2.05) is 11.4 Å². The van der Waals surface area contributed by atoms with Crippen LogP contribution in [-0.4, -0.2) is 47.0 Å². The standard InChI is InChI=1S/C12H15N3O2S/c1-8-6-17-9(5-16)4-15(8)11-10-2-3-18-12(10)14-7-13-11/h2-3,7-9,16H,4-6H2,1H3. The minimum atomic E-state index is -0.134. The van der Waals surface area contributed by atoms with Gasteiger partial charge in [-0.05, 0) is 18.4 Å². The molecule has 1 N–H and O–H groups in total. The quantitative estimate of drug-likeness (QED) is 0.886. The number of aromatic nitrogens is 2. The van der Waals surface area contributed by atoms with Crippen molar-refractivity contribution in [3.63, 3.8) is 0 Å². The normalized spacial score (nSPS) is 24.7. The first-order chi connectivity index (χ1) is 8.79. The van der Waals surface area contributed by atoms with E-state index in [1.165, 1.54) is 0 Å². The number of nitrogens with zero attached hydrogens (tertiary/aromatic N) is 3. The number of aliphatic hydroxyl groups is 1. The van der Waals surface area contributed by atoms with Crippen molar-refractivity contribution < 1.29 is 9.84 Å². The summed E-state index contributed by atoms with van der Waals surface area (Å²) in [5.74, 6) is 0.940. The highest BCUT2D eigenvalue weighted by Gasteiger charge is 2.27. The number of hydrogen-bond donors (Lipinski definition) is 1. The van der Waals surface area contributed by atoms with Crippen LogP contribution in [0.2, 0.25) is 0 Å². The number of aliphatic hydroxyl groups excluding tert-OH is 1. The second kappa shape index (κ2) is 4.79. The Balaban J connectivity index is 1.99. The Kier molecular flexibility index (Phi) is 3.15. The van der Waals surface area contributed by atoms with Gasteiger partial charge in [-0.2, -0.15) is 0 Å². The smallest absolute Gasteiger partial charge is 0.141 e. The zero-order chi connectivity index (χ0) is 12.5. The second-order valence-electron chi connectivity index (χ2n) is 4.48. The molecule has 0 amide bonds. The summed E-state index contributed by atoms with van der Waals surface area (Å²) in [6, 6.07) is 2.30. The van der Waals surface area contributed by atoms with Crippen molar-refractivity contribution in [1.29, 1.82) is 0 Å². The van der Waals surface area contributed by atoms with Gasteiger partial charge in [0.2, 0.25) is 0 Å². The molecule has 1 fully saturated rings. The van der Waals surface area contributed by atoms with Crippen molar-refractivity contribution in [3.05, 3.63) is 17.8 Å². The maximum Gasteiger partial charge on any atom is 0.141 e. The largest absolute Gasteiger partial charge is 0.394 e. The van der Waals surface area contributed by atoms with Crippen LogP contribution in [0, 0.1) is 0 Å². The van der Waals surface area contributed by atoms with Crippen molar-refractivity contribution in [2.24, 2.45) is 0 Å². The Bertz CT molecular complexity index is 545. The van der Waals surface area contributed by atoms with E-state index in [2.05, 4.69) is 21.8 Å². The number of fused-ring (bicyclic) bond motifs is 1. The highest BCUT2D eigenvalue weighted by molar-refractivity contribution is 7.16. The third-order valence-electron chi connectivity index (χ3n) is 3.22. The van der Waals surface area contributed by atoms with Crippen LogP contribution < -0.4 is 4.90 Å². The van der Waals surface area contributed by atoms with E-state index in [1.54, 1.807) is 17.7 Å². The van der Waals surface area contributed by atoms with Crippen molar-refractivity contribution in [1.82, 2.24) is 9.97 Å². The molecule has 18 heavy (non-hydrogen) atoms. The molecule has 2 unspecified atom stereocenters. The zero-order valence-corrected chi connectivity index (χ0v) is 10.9. The molecule has 0 spiro atoms. The van der Waals surface area contributed by atoms with Crippen molar-refractivity contribution in [3.8, 4) is 0 Å². The summed E-state index contributed by atoms with van der Waals surface area (Å²) in [4.78, 5) is 11.9. The van der Waals surface area contributed by atoms with Gasteiger partial charge in [-0.1, -0.05) is 0 Å². The van der Waals surface area contributed by atoms with E-state index in [9.17, 15) is 5.11 Å². The summed E-state index contributed by atoms with van der Waals surface area (Å²) < 4.78 is 5.55. The molecular weight excluding hydrogens is 250 g/mol. The van der Waals surface area contributed by atoms with Crippen molar-refractivity contribution in [2.75, 3.05) is 24.7 Å². The summed E-state index contributed by atoms with van der Waals surface area (Å²) in [6.45, 7) is 3.43. The Hall–Kier alpha value is -1.24. The van der Waals surface area contributed by atoms with E-state index < -0.39 is 0 Å². The predicted octanol–water partition coefficient (Wildman–Crippen LogP) is 1.28. The van der Waals surface area contributed by atoms with Gasteiger partial charge in [-0.3, -0.25) is 0 Å². The summed E-state index contributed by atoms with van der Waals surface area (Å²) >= 11 is 1.61. The fourth-order valence-electron chi connectivity index (χ4n) is 2.23. The SMILES string of the molecule is CC1COC(CO)CN1c1ncnc2sccc12. The van der Waals surface area contributed by atoms with Gasteiger partial charge in [0.15, 0.2) is 0 Å². The fourth-order valence-corrected chi connectivity index (χ4v) is 2.96. The van der Waals surface area contributed by atoms with Gasteiger partial charge in [0.1, 0.15) is 17.0 Å². The highest BCUT2D eigenvalue weighted by atomic mass is 32.1. The highest BCUT2D eigenvalue weighted by Crippen LogP contribution is 2.29. The molecule has 1 aliphatic heterocycles. The average molecular weight is 265 g/mol. The molecule has 0 bridgehead atoms. The molecule has 96 valence electrons. The fraction of sp³-hybridized carbons (Fsp3) is 0.500. The molecule has 6 heteroatoms. The summed E-state index contributed by atoms with van der Waals surface area (Å²) in [7, 11) is 0. The van der Waals surface area contributed by atoms with Gasteiger partial charge >= 0.3 is 0 Å². The minimum Gasteiger partial charge on any atom is -0.394 e. The molecule has 3 heterocycles. The lowest BCUT2D eigenvalue weighted by Gasteiger charge is -2.38. The van der Waals surface area contributed by atoms with Crippen molar-refractivity contribution in [2.45, 2.75) is 19.1 Å². The molecule has 1 aliphatic rings. The first-order valence-electron chi connectivity index (χ1n) is 5.97. The summed E-state index contributed by atoms with van der Waals surface area (Å²) in [6.07, 6.45) is 1.47. The van der Waals surface area contributed by atoms with Crippen LogP contribution in [0.4, 0.5) is 5.82 Å².